The summed E-state index contributed by atoms with van der Waals surface area (Å²) in [7, 11) is 0. The van der Waals surface area contributed by atoms with Crippen LogP contribution in [0.2, 0.25) is 0 Å². The molecular weight excluding hydrogens is 363 g/mol. The first-order valence-corrected chi connectivity index (χ1v) is 9.92. The maximum absolute atomic E-state index is 13.3. The average Bonchev–Trinajstić information content (AvgIpc) is 2.66. The van der Waals surface area contributed by atoms with Gasteiger partial charge in [-0.3, -0.25) is 9.59 Å². The number of carbonyl (C=O) groups excluding carboxylic acids is 2. The zero-order chi connectivity index (χ0) is 20.7. The molecule has 2 amide bonds. The van der Waals surface area contributed by atoms with Gasteiger partial charge in [-0.15, -0.1) is 0 Å². The summed E-state index contributed by atoms with van der Waals surface area (Å²) in [6, 6.07) is 4.98. The topological polar surface area (TPSA) is 78.9 Å². The fraction of sp³-hybridized carbons (Fsp3) is 0.619. The first kappa shape index (κ1) is 22.1. The molecule has 0 aromatic heterocycles. The van der Waals surface area contributed by atoms with E-state index in [1.165, 1.54) is 18.2 Å². The number of amides is 2. The summed E-state index contributed by atoms with van der Waals surface area (Å²) >= 11 is 0. The Balaban J connectivity index is 1.98. The van der Waals surface area contributed by atoms with Gasteiger partial charge in [-0.05, 0) is 50.2 Å². The molecule has 7 heteroatoms. The number of hydrogen-bond acceptors (Lipinski definition) is 4. The Hall–Kier alpha value is -2.15. The van der Waals surface area contributed by atoms with Gasteiger partial charge in [-0.2, -0.15) is 0 Å². The molecule has 156 valence electrons. The van der Waals surface area contributed by atoms with Crippen molar-refractivity contribution in [1.29, 1.82) is 0 Å². The van der Waals surface area contributed by atoms with E-state index in [0.29, 0.717) is 19.5 Å². The number of nitrogens with one attached hydrogen (secondary N) is 1. The molecule has 1 fully saturated rings. The van der Waals surface area contributed by atoms with Gasteiger partial charge >= 0.3 is 0 Å². The Kier molecular flexibility index (Phi) is 8.23. The Labute approximate surface area is 166 Å². The van der Waals surface area contributed by atoms with Gasteiger partial charge in [0.1, 0.15) is 17.6 Å². The quantitative estimate of drug-likeness (QED) is 0.709. The number of halogens is 1. The number of aliphatic hydroxyl groups is 1. The molecule has 0 radical (unpaired) electrons. The van der Waals surface area contributed by atoms with E-state index in [4.69, 9.17) is 4.74 Å². The number of carbonyl (C=O) groups is 2. The largest absolute Gasteiger partial charge is 0.481 e. The maximum Gasteiger partial charge on any atom is 0.261 e. The van der Waals surface area contributed by atoms with Crippen molar-refractivity contribution in [2.75, 3.05) is 19.7 Å². The zero-order valence-electron chi connectivity index (χ0n) is 16.9. The van der Waals surface area contributed by atoms with Crippen LogP contribution in [0.4, 0.5) is 4.39 Å². The van der Waals surface area contributed by atoms with E-state index in [9.17, 15) is 19.1 Å². The summed E-state index contributed by atoms with van der Waals surface area (Å²) in [5.74, 6) is -0.222. The van der Waals surface area contributed by atoms with Gasteiger partial charge in [0.25, 0.3) is 5.91 Å². The number of nitrogens with zero attached hydrogens (tertiary/aromatic N) is 1. The molecule has 1 heterocycles. The van der Waals surface area contributed by atoms with Crippen LogP contribution >= 0.6 is 0 Å². The second kappa shape index (κ2) is 10.4. The van der Waals surface area contributed by atoms with Crippen molar-refractivity contribution in [1.82, 2.24) is 10.2 Å². The second-order valence-electron chi connectivity index (χ2n) is 7.86. The zero-order valence-corrected chi connectivity index (χ0v) is 16.9. The number of ether oxygens (including phenoxy) is 1. The van der Waals surface area contributed by atoms with Gasteiger partial charge in [-0.1, -0.05) is 19.9 Å². The van der Waals surface area contributed by atoms with Gasteiger partial charge in [0.2, 0.25) is 5.91 Å². The third-order valence-electron chi connectivity index (χ3n) is 4.98. The molecule has 2 rings (SSSR count). The number of hydrogen-bond donors (Lipinski definition) is 2. The van der Waals surface area contributed by atoms with Crippen LogP contribution in [0.15, 0.2) is 24.3 Å². The summed E-state index contributed by atoms with van der Waals surface area (Å²) in [6.45, 7) is 6.88. The van der Waals surface area contributed by atoms with E-state index >= 15 is 0 Å². The maximum atomic E-state index is 13.3. The van der Waals surface area contributed by atoms with Crippen molar-refractivity contribution in [2.45, 2.75) is 52.2 Å². The van der Waals surface area contributed by atoms with Crippen LogP contribution in [-0.4, -0.2) is 53.7 Å². The monoisotopic (exact) mass is 394 g/mol. The highest BCUT2D eigenvalue weighted by Gasteiger charge is 2.31. The molecule has 1 saturated heterocycles. The van der Waals surface area contributed by atoms with E-state index < -0.39 is 23.9 Å². The summed E-state index contributed by atoms with van der Waals surface area (Å²) < 4.78 is 18.8. The van der Waals surface area contributed by atoms with Crippen molar-refractivity contribution in [2.24, 2.45) is 11.8 Å². The lowest BCUT2D eigenvalue weighted by atomic mass is 9.96. The Morgan fingerprint density at radius 3 is 2.54 bits per heavy atom. The van der Waals surface area contributed by atoms with Gasteiger partial charge in [-0.25, -0.2) is 4.39 Å². The third kappa shape index (κ3) is 6.48. The standard InChI is InChI=1S/C21H31FN2O4/c1-14(2)11-19(21(27)24-9-7-16(13-25)8-10-24)23-20(26)15(3)28-18-6-4-5-17(22)12-18/h4-6,12,14-16,19,25H,7-11,13H2,1-3H3,(H,23,26)/t15-,19+/m1/s1. The fourth-order valence-corrected chi connectivity index (χ4v) is 3.34. The first-order valence-electron chi connectivity index (χ1n) is 9.92. The molecule has 0 bridgehead atoms. The molecule has 2 N–H and O–H groups in total. The number of benzene rings is 1. The first-order chi connectivity index (χ1) is 13.3. The Morgan fingerprint density at radius 2 is 1.96 bits per heavy atom. The van der Waals surface area contributed by atoms with Crippen molar-refractivity contribution >= 4 is 11.8 Å². The second-order valence-corrected chi connectivity index (χ2v) is 7.86. The van der Waals surface area contributed by atoms with E-state index in [1.54, 1.807) is 17.9 Å². The summed E-state index contributed by atoms with van der Waals surface area (Å²) in [5, 5.41) is 12.1. The van der Waals surface area contributed by atoms with E-state index in [2.05, 4.69) is 5.32 Å². The third-order valence-corrected chi connectivity index (χ3v) is 4.98. The van der Waals surface area contributed by atoms with Crippen LogP contribution in [-0.2, 0) is 9.59 Å². The molecule has 1 aliphatic rings. The molecular formula is C21H31FN2O4. The number of piperidine rings is 1. The van der Waals surface area contributed by atoms with Crippen molar-refractivity contribution in [3.63, 3.8) is 0 Å². The minimum atomic E-state index is -0.857. The van der Waals surface area contributed by atoms with Crippen molar-refractivity contribution < 1.29 is 23.8 Å². The highest BCUT2D eigenvalue weighted by atomic mass is 19.1. The van der Waals surface area contributed by atoms with Crippen LogP contribution in [0.25, 0.3) is 0 Å². The normalized spacial score (nSPS) is 17.3. The minimum absolute atomic E-state index is 0.101. The summed E-state index contributed by atoms with van der Waals surface area (Å²) in [6.07, 6.45) is 1.20. The molecule has 0 aliphatic carbocycles. The van der Waals surface area contributed by atoms with Crippen LogP contribution in [0.5, 0.6) is 5.75 Å². The molecule has 0 saturated carbocycles. The number of aliphatic hydroxyl groups excluding tert-OH is 1. The van der Waals surface area contributed by atoms with E-state index in [-0.39, 0.29) is 30.1 Å². The molecule has 2 atom stereocenters. The van der Waals surface area contributed by atoms with Crippen molar-refractivity contribution in [3.8, 4) is 5.75 Å². The van der Waals surface area contributed by atoms with Crippen LogP contribution < -0.4 is 10.1 Å². The fourth-order valence-electron chi connectivity index (χ4n) is 3.34. The lowest BCUT2D eigenvalue weighted by Gasteiger charge is -2.34. The van der Waals surface area contributed by atoms with Crippen LogP contribution in [0.3, 0.4) is 0 Å². The molecule has 0 unspecified atom stereocenters. The lowest BCUT2D eigenvalue weighted by Crippen LogP contribution is -2.53. The number of rotatable bonds is 8. The molecule has 6 nitrogen and oxygen atoms in total. The smallest absolute Gasteiger partial charge is 0.261 e. The predicted molar refractivity (Wildman–Crippen MR) is 104 cm³/mol. The molecule has 1 aromatic carbocycles. The van der Waals surface area contributed by atoms with Gasteiger partial charge in [0.05, 0.1) is 0 Å². The highest BCUT2D eigenvalue weighted by Crippen LogP contribution is 2.19. The molecule has 1 aromatic rings. The molecule has 0 spiro atoms. The molecule has 28 heavy (non-hydrogen) atoms. The predicted octanol–water partition coefficient (Wildman–Crippen LogP) is 2.35. The molecule has 1 aliphatic heterocycles. The average molecular weight is 394 g/mol. The van der Waals surface area contributed by atoms with Crippen LogP contribution in [0.1, 0.15) is 40.0 Å². The summed E-state index contributed by atoms with van der Waals surface area (Å²) in [4.78, 5) is 27.3. The highest BCUT2D eigenvalue weighted by molar-refractivity contribution is 5.89. The summed E-state index contributed by atoms with van der Waals surface area (Å²) in [5.41, 5.74) is 0. The van der Waals surface area contributed by atoms with Gasteiger partial charge in [0, 0.05) is 25.8 Å². The van der Waals surface area contributed by atoms with Crippen molar-refractivity contribution in [3.05, 3.63) is 30.1 Å². The lowest BCUT2D eigenvalue weighted by molar-refractivity contribution is -0.139. The van der Waals surface area contributed by atoms with E-state index in [1.807, 2.05) is 13.8 Å². The SMILES string of the molecule is CC(C)C[C@H](NC(=O)[C@@H](C)Oc1cccc(F)c1)C(=O)N1CCC(CO)CC1. The minimum Gasteiger partial charge on any atom is -0.481 e. The Morgan fingerprint density at radius 1 is 1.29 bits per heavy atom. The van der Waals surface area contributed by atoms with E-state index in [0.717, 1.165) is 12.8 Å². The number of likely N-dealkylation sites (tertiary alicyclic amines) is 1. The van der Waals surface area contributed by atoms with Gasteiger partial charge in [0.15, 0.2) is 6.10 Å². The Bertz CT molecular complexity index is 660. The van der Waals surface area contributed by atoms with Gasteiger partial charge < -0.3 is 20.1 Å². The van der Waals surface area contributed by atoms with Crippen LogP contribution in [0, 0.1) is 17.7 Å².